The standard InChI is InChI=1S/C16H22O4/c1-18-11-20-16(13-4-3-5-14(17)10-13)12-6-8-15(19-2)9-7-12/h6-9,13,16H,3-5,10-11H2,1-2H3. The Bertz CT molecular complexity index is 427. The Hall–Kier alpha value is -1.39. The van der Waals surface area contributed by atoms with Crippen LogP contribution in [-0.4, -0.2) is 26.8 Å². The van der Waals surface area contributed by atoms with E-state index in [1.165, 1.54) is 0 Å². The van der Waals surface area contributed by atoms with E-state index in [4.69, 9.17) is 14.2 Å². The molecule has 0 aromatic heterocycles. The molecule has 4 nitrogen and oxygen atoms in total. The predicted octanol–water partition coefficient (Wildman–Crippen LogP) is 3.12. The van der Waals surface area contributed by atoms with Gasteiger partial charge in [-0.05, 0) is 36.5 Å². The summed E-state index contributed by atoms with van der Waals surface area (Å²) in [5.41, 5.74) is 1.07. The monoisotopic (exact) mass is 278 g/mol. The summed E-state index contributed by atoms with van der Waals surface area (Å²) in [6.45, 7) is 0.237. The lowest BCUT2D eigenvalue weighted by atomic mass is 9.82. The molecule has 0 bridgehead atoms. The van der Waals surface area contributed by atoms with Crippen LogP contribution in [0.5, 0.6) is 5.75 Å². The number of rotatable bonds is 6. The zero-order valence-corrected chi connectivity index (χ0v) is 12.1. The van der Waals surface area contributed by atoms with Gasteiger partial charge in [0.1, 0.15) is 18.3 Å². The highest BCUT2D eigenvalue weighted by molar-refractivity contribution is 5.79. The summed E-state index contributed by atoms with van der Waals surface area (Å²) in [6, 6.07) is 7.84. The van der Waals surface area contributed by atoms with E-state index in [2.05, 4.69) is 0 Å². The second kappa shape index (κ2) is 7.41. The third-order valence-electron chi connectivity index (χ3n) is 3.76. The number of carbonyl (C=O) groups excluding carboxylic acids is 1. The van der Waals surface area contributed by atoms with Gasteiger partial charge in [-0.25, -0.2) is 0 Å². The van der Waals surface area contributed by atoms with Crippen LogP contribution >= 0.6 is 0 Å². The zero-order chi connectivity index (χ0) is 14.4. The first-order chi connectivity index (χ1) is 9.74. The lowest BCUT2D eigenvalue weighted by molar-refractivity contribution is -0.128. The molecule has 110 valence electrons. The molecule has 0 spiro atoms. The van der Waals surface area contributed by atoms with Gasteiger partial charge in [0, 0.05) is 20.0 Å². The van der Waals surface area contributed by atoms with Gasteiger partial charge in [-0.15, -0.1) is 0 Å². The third kappa shape index (κ3) is 3.81. The molecule has 0 amide bonds. The lowest BCUT2D eigenvalue weighted by Gasteiger charge is -2.29. The molecule has 1 aromatic rings. The maximum atomic E-state index is 11.7. The first-order valence-electron chi connectivity index (χ1n) is 7.00. The van der Waals surface area contributed by atoms with Crippen molar-refractivity contribution >= 4 is 5.78 Å². The smallest absolute Gasteiger partial charge is 0.147 e. The van der Waals surface area contributed by atoms with E-state index in [9.17, 15) is 4.79 Å². The van der Waals surface area contributed by atoms with Gasteiger partial charge in [0.25, 0.3) is 0 Å². The maximum Gasteiger partial charge on any atom is 0.147 e. The number of methoxy groups -OCH3 is 2. The highest BCUT2D eigenvalue weighted by Crippen LogP contribution is 2.36. The van der Waals surface area contributed by atoms with E-state index in [1.54, 1.807) is 14.2 Å². The number of ether oxygens (including phenoxy) is 3. The number of hydrogen-bond donors (Lipinski definition) is 0. The topological polar surface area (TPSA) is 44.8 Å². The quantitative estimate of drug-likeness (QED) is 0.750. The van der Waals surface area contributed by atoms with Crippen LogP contribution in [0.25, 0.3) is 0 Å². The molecule has 2 atom stereocenters. The second-order valence-corrected chi connectivity index (χ2v) is 5.16. The summed E-state index contributed by atoms with van der Waals surface area (Å²) in [5, 5.41) is 0. The Morgan fingerprint density at radius 2 is 2.00 bits per heavy atom. The van der Waals surface area contributed by atoms with Crippen LogP contribution < -0.4 is 4.74 Å². The largest absolute Gasteiger partial charge is 0.497 e. The Labute approximate surface area is 120 Å². The second-order valence-electron chi connectivity index (χ2n) is 5.16. The van der Waals surface area contributed by atoms with Gasteiger partial charge >= 0.3 is 0 Å². The molecule has 1 aromatic carbocycles. The Kier molecular flexibility index (Phi) is 5.56. The number of carbonyl (C=O) groups is 1. The Morgan fingerprint density at radius 3 is 2.60 bits per heavy atom. The van der Waals surface area contributed by atoms with E-state index < -0.39 is 0 Å². The van der Waals surface area contributed by atoms with E-state index in [0.29, 0.717) is 18.6 Å². The first kappa shape index (κ1) is 15.0. The molecular formula is C16H22O4. The van der Waals surface area contributed by atoms with Crippen molar-refractivity contribution in [3.8, 4) is 5.75 Å². The third-order valence-corrected chi connectivity index (χ3v) is 3.76. The van der Waals surface area contributed by atoms with Crippen molar-refractivity contribution in [1.82, 2.24) is 0 Å². The molecule has 4 heteroatoms. The maximum absolute atomic E-state index is 11.7. The SMILES string of the molecule is COCOC(c1ccc(OC)cc1)C1CCCC(=O)C1. The molecule has 1 aliphatic carbocycles. The van der Waals surface area contributed by atoms with Crippen molar-refractivity contribution in [1.29, 1.82) is 0 Å². The Morgan fingerprint density at radius 1 is 1.25 bits per heavy atom. The fourth-order valence-electron chi connectivity index (χ4n) is 2.76. The molecule has 1 aliphatic rings. The van der Waals surface area contributed by atoms with E-state index in [1.807, 2.05) is 24.3 Å². The van der Waals surface area contributed by atoms with Crippen LogP contribution in [-0.2, 0) is 14.3 Å². The number of benzene rings is 1. The van der Waals surface area contributed by atoms with Crippen molar-refractivity contribution in [3.05, 3.63) is 29.8 Å². The zero-order valence-electron chi connectivity index (χ0n) is 12.1. The normalized spacial score (nSPS) is 20.7. The summed E-state index contributed by atoms with van der Waals surface area (Å²) < 4.78 is 16.0. The molecule has 20 heavy (non-hydrogen) atoms. The van der Waals surface area contributed by atoms with Gasteiger partial charge in [-0.2, -0.15) is 0 Å². The average Bonchev–Trinajstić information content (AvgIpc) is 2.48. The van der Waals surface area contributed by atoms with Gasteiger partial charge in [-0.1, -0.05) is 12.1 Å². The van der Waals surface area contributed by atoms with Crippen molar-refractivity contribution in [2.24, 2.45) is 5.92 Å². The van der Waals surface area contributed by atoms with Gasteiger partial charge in [0.15, 0.2) is 0 Å². The molecule has 1 saturated carbocycles. The van der Waals surface area contributed by atoms with E-state index in [0.717, 1.165) is 24.2 Å². The number of hydrogen-bond acceptors (Lipinski definition) is 4. The summed E-state index contributed by atoms with van der Waals surface area (Å²) in [7, 11) is 3.25. The molecule has 0 aliphatic heterocycles. The summed E-state index contributed by atoms with van der Waals surface area (Å²) in [5.74, 6) is 1.39. The lowest BCUT2D eigenvalue weighted by Crippen LogP contribution is -2.24. The van der Waals surface area contributed by atoms with Crippen LogP contribution in [0.2, 0.25) is 0 Å². The van der Waals surface area contributed by atoms with Crippen LogP contribution in [0.15, 0.2) is 24.3 Å². The predicted molar refractivity (Wildman–Crippen MR) is 75.7 cm³/mol. The van der Waals surface area contributed by atoms with Crippen molar-refractivity contribution < 1.29 is 19.0 Å². The minimum atomic E-state index is -0.0925. The van der Waals surface area contributed by atoms with E-state index in [-0.39, 0.29) is 18.8 Å². The molecule has 0 heterocycles. The minimum absolute atomic E-state index is 0.0925. The summed E-state index contributed by atoms with van der Waals surface area (Å²) in [6.07, 6.45) is 3.18. The molecule has 0 N–H and O–H groups in total. The summed E-state index contributed by atoms with van der Waals surface area (Å²) in [4.78, 5) is 11.7. The minimum Gasteiger partial charge on any atom is -0.497 e. The summed E-state index contributed by atoms with van der Waals surface area (Å²) >= 11 is 0. The highest BCUT2D eigenvalue weighted by Gasteiger charge is 2.29. The van der Waals surface area contributed by atoms with Crippen LogP contribution in [0.3, 0.4) is 0 Å². The van der Waals surface area contributed by atoms with Gasteiger partial charge in [0.05, 0.1) is 13.2 Å². The van der Waals surface area contributed by atoms with Gasteiger partial charge in [-0.3, -0.25) is 4.79 Å². The molecule has 2 unspecified atom stereocenters. The fraction of sp³-hybridized carbons (Fsp3) is 0.562. The van der Waals surface area contributed by atoms with Crippen molar-refractivity contribution in [2.45, 2.75) is 31.8 Å². The van der Waals surface area contributed by atoms with Gasteiger partial charge < -0.3 is 14.2 Å². The number of Topliss-reactive ketones (excluding diaryl/α,β-unsaturated/α-hetero) is 1. The molecular weight excluding hydrogens is 256 g/mol. The van der Waals surface area contributed by atoms with Gasteiger partial charge in [0.2, 0.25) is 0 Å². The van der Waals surface area contributed by atoms with Crippen LogP contribution in [0.1, 0.15) is 37.4 Å². The van der Waals surface area contributed by atoms with Crippen LogP contribution in [0, 0.1) is 5.92 Å². The molecule has 0 saturated heterocycles. The average molecular weight is 278 g/mol. The molecule has 2 rings (SSSR count). The first-order valence-corrected chi connectivity index (χ1v) is 7.00. The van der Waals surface area contributed by atoms with Crippen molar-refractivity contribution in [3.63, 3.8) is 0 Å². The molecule has 1 fully saturated rings. The fourth-order valence-corrected chi connectivity index (χ4v) is 2.76. The highest BCUT2D eigenvalue weighted by atomic mass is 16.7. The molecule has 0 radical (unpaired) electrons. The van der Waals surface area contributed by atoms with Crippen LogP contribution in [0.4, 0.5) is 0 Å². The van der Waals surface area contributed by atoms with Crippen molar-refractivity contribution in [2.75, 3.05) is 21.0 Å². The number of ketones is 1. The van der Waals surface area contributed by atoms with E-state index >= 15 is 0 Å². The Balaban J connectivity index is 2.14.